The predicted octanol–water partition coefficient (Wildman–Crippen LogP) is 6.38. The maximum absolute atomic E-state index is 11.8. The highest BCUT2D eigenvalue weighted by Gasteiger charge is 2.25. The van der Waals surface area contributed by atoms with Gasteiger partial charge in [-0.1, -0.05) is 103 Å². The van der Waals surface area contributed by atoms with Crippen LogP contribution in [0.15, 0.2) is 0 Å². The molecule has 9 heteroatoms. The average molecular weight is 539 g/mol. The monoisotopic (exact) mass is 538 g/mol. The van der Waals surface area contributed by atoms with E-state index < -0.39 is 26.5 Å². The van der Waals surface area contributed by atoms with Crippen molar-refractivity contribution in [2.45, 2.75) is 122 Å². The molecule has 0 aromatic carbocycles. The Kier molecular flexibility index (Phi) is 22.2. The fraction of sp³-hybridized carbons (Fsp3) is 0.963. The van der Waals surface area contributed by atoms with Gasteiger partial charge in [-0.25, -0.2) is 4.57 Å². The van der Waals surface area contributed by atoms with Crippen molar-refractivity contribution in [3.05, 3.63) is 0 Å². The highest BCUT2D eigenvalue weighted by Crippen LogP contribution is 2.43. The molecule has 0 aromatic heterocycles. The van der Waals surface area contributed by atoms with Crippen molar-refractivity contribution in [1.29, 1.82) is 0 Å². The molecule has 0 aliphatic rings. The highest BCUT2D eigenvalue weighted by molar-refractivity contribution is 7.47. The molecule has 36 heavy (non-hydrogen) atoms. The minimum atomic E-state index is -4.25. The number of aliphatic hydroxyl groups is 1. The number of hydrogen-bond donors (Lipinski definition) is 2. The van der Waals surface area contributed by atoms with Gasteiger partial charge in [0.05, 0.1) is 46.9 Å². The molecule has 0 saturated heterocycles. The molecule has 0 aromatic rings. The number of rotatable bonds is 26. The molecule has 0 aliphatic heterocycles. The first-order chi connectivity index (χ1) is 17.1. The lowest BCUT2D eigenvalue weighted by Crippen LogP contribution is -2.37. The zero-order chi connectivity index (χ0) is 27.1. The number of nitrogens with zero attached hydrogens (tertiary/aromatic N) is 1. The van der Waals surface area contributed by atoms with Crippen molar-refractivity contribution in [2.75, 3.05) is 47.5 Å². The summed E-state index contributed by atoms with van der Waals surface area (Å²) in [5, 5.41) is 9.86. The summed E-state index contributed by atoms with van der Waals surface area (Å²) in [6, 6.07) is 0. The quantitative estimate of drug-likeness (QED) is 0.0570. The van der Waals surface area contributed by atoms with Crippen molar-refractivity contribution >= 4 is 13.8 Å². The normalized spacial score (nSPS) is 14.5. The summed E-state index contributed by atoms with van der Waals surface area (Å²) < 4.78 is 27.2. The number of quaternary nitrogens is 1. The number of phosphoric ester groups is 1. The van der Waals surface area contributed by atoms with Gasteiger partial charge in [0.15, 0.2) is 0 Å². The summed E-state index contributed by atoms with van der Waals surface area (Å²) >= 11 is 0. The lowest BCUT2D eigenvalue weighted by molar-refractivity contribution is -0.870. The van der Waals surface area contributed by atoms with E-state index in [0.29, 0.717) is 17.6 Å². The zero-order valence-corrected chi connectivity index (χ0v) is 24.7. The van der Waals surface area contributed by atoms with E-state index >= 15 is 0 Å². The van der Waals surface area contributed by atoms with E-state index in [1.165, 1.54) is 83.5 Å². The summed E-state index contributed by atoms with van der Waals surface area (Å²) in [5.41, 5.74) is 0. The molecule has 0 spiro atoms. The molecule has 8 nitrogen and oxygen atoms in total. The number of carbonyl (C=O) groups excluding carboxylic acids is 1. The minimum absolute atomic E-state index is 0.0503. The molecule has 0 radical (unpaired) electrons. The van der Waals surface area contributed by atoms with Gasteiger partial charge in [0, 0.05) is 0 Å². The number of ether oxygens (including phenoxy) is 1. The van der Waals surface area contributed by atoms with E-state index in [9.17, 15) is 19.4 Å². The zero-order valence-electron chi connectivity index (χ0n) is 23.8. The molecule has 0 saturated carbocycles. The fourth-order valence-electron chi connectivity index (χ4n) is 3.79. The van der Waals surface area contributed by atoms with Crippen LogP contribution in [0.3, 0.4) is 0 Å². The lowest BCUT2D eigenvalue weighted by atomic mass is 10.0. The number of esters is 1. The Bertz CT molecular complexity index is 569. The van der Waals surface area contributed by atoms with E-state index in [1.54, 1.807) is 0 Å². The van der Waals surface area contributed by atoms with Gasteiger partial charge in [-0.15, -0.1) is 0 Å². The van der Waals surface area contributed by atoms with Crippen LogP contribution in [-0.2, 0) is 23.1 Å². The van der Waals surface area contributed by atoms with E-state index in [4.69, 9.17) is 13.8 Å². The molecule has 2 N–H and O–H groups in total. The van der Waals surface area contributed by atoms with Crippen LogP contribution in [0.5, 0.6) is 0 Å². The molecule has 0 fully saturated rings. The maximum atomic E-state index is 11.8. The Morgan fingerprint density at radius 3 is 1.64 bits per heavy atom. The smallest absolute Gasteiger partial charge is 0.466 e. The van der Waals surface area contributed by atoms with Crippen LogP contribution < -0.4 is 0 Å². The third kappa shape index (κ3) is 26.6. The molecule has 2 atom stereocenters. The van der Waals surface area contributed by atoms with Crippen molar-refractivity contribution in [2.24, 2.45) is 0 Å². The van der Waals surface area contributed by atoms with E-state index in [2.05, 4.69) is 6.92 Å². The van der Waals surface area contributed by atoms with Crippen molar-refractivity contribution in [3.63, 3.8) is 0 Å². The van der Waals surface area contributed by atoms with Crippen molar-refractivity contribution < 1.29 is 37.6 Å². The van der Waals surface area contributed by atoms with E-state index in [1.807, 2.05) is 21.1 Å². The molecule has 0 heterocycles. The first-order valence-corrected chi connectivity index (χ1v) is 15.8. The standard InChI is InChI=1S/C27H56NO7P/c1-5-6-7-8-9-10-11-12-13-14-15-16-17-18-19-20-22-33-27(30)24-26(29)25-35-36(31,32)34-23-21-28(2,3)4/h26,29H,5-25H2,1-4H3/p+1. The first-order valence-electron chi connectivity index (χ1n) is 14.3. The van der Waals surface area contributed by atoms with Crippen LogP contribution in [0.1, 0.15) is 116 Å². The van der Waals surface area contributed by atoms with Crippen LogP contribution in [0.25, 0.3) is 0 Å². The van der Waals surface area contributed by atoms with Gasteiger partial charge < -0.3 is 19.2 Å². The van der Waals surface area contributed by atoms with Gasteiger partial charge >= 0.3 is 13.8 Å². The second kappa shape index (κ2) is 22.5. The molecule has 216 valence electrons. The van der Waals surface area contributed by atoms with Gasteiger partial charge in [-0.2, -0.15) is 0 Å². The second-order valence-electron chi connectivity index (χ2n) is 11.0. The highest BCUT2D eigenvalue weighted by atomic mass is 31.2. The number of likely N-dealkylation sites (N-methyl/N-ethyl adjacent to an activating group) is 1. The van der Waals surface area contributed by atoms with Crippen LogP contribution in [0, 0.1) is 0 Å². The topological polar surface area (TPSA) is 102 Å². The lowest BCUT2D eigenvalue weighted by Gasteiger charge is -2.24. The summed E-state index contributed by atoms with van der Waals surface area (Å²) in [7, 11) is 1.54. The largest absolute Gasteiger partial charge is 0.472 e. The Morgan fingerprint density at radius 1 is 0.750 bits per heavy atom. The third-order valence-corrected chi connectivity index (χ3v) is 7.09. The molecular formula is C27H57NO7P+. The summed E-state index contributed by atoms with van der Waals surface area (Å²) in [4.78, 5) is 21.5. The molecule has 0 rings (SSSR count). The minimum Gasteiger partial charge on any atom is -0.466 e. The number of aliphatic hydroxyl groups excluding tert-OH is 1. The van der Waals surface area contributed by atoms with Gasteiger partial charge in [0.2, 0.25) is 0 Å². The predicted molar refractivity (Wildman–Crippen MR) is 146 cm³/mol. The van der Waals surface area contributed by atoms with Crippen molar-refractivity contribution in [1.82, 2.24) is 0 Å². The van der Waals surface area contributed by atoms with Crippen LogP contribution >= 0.6 is 7.82 Å². The fourth-order valence-corrected chi connectivity index (χ4v) is 4.54. The van der Waals surface area contributed by atoms with Gasteiger partial charge in [0.25, 0.3) is 0 Å². The summed E-state index contributed by atoms with van der Waals surface area (Å²) in [5.74, 6) is -0.536. The van der Waals surface area contributed by atoms with Crippen LogP contribution in [0.4, 0.5) is 0 Å². The van der Waals surface area contributed by atoms with Gasteiger partial charge in [0.1, 0.15) is 13.2 Å². The molecule has 0 aliphatic carbocycles. The summed E-state index contributed by atoms with van der Waals surface area (Å²) in [6.07, 6.45) is 19.1. The summed E-state index contributed by atoms with van der Waals surface area (Å²) in [6.45, 7) is 2.71. The van der Waals surface area contributed by atoms with Gasteiger partial charge in [-0.3, -0.25) is 13.8 Å². The number of hydrogen-bond acceptors (Lipinski definition) is 6. The number of unbranched alkanes of at least 4 members (excludes halogenated alkanes) is 15. The number of phosphoric acid groups is 1. The molecule has 0 bridgehead atoms. The van der Waals surface area contributed by atoms with E-state index in [-0.39, 0.29) is 13.0 Å². The van der Waals surface area contributed by atoms with Crippen molar-refractivity contribution in [3.8, 4) is 0 Å². The Balaban J connectivity index is 3.50. The SMILES string of the molecule is CCCCCCCCCCCCCCCCCCOC(=O)CC(O)COP(=O)(O)OCC[N+](C)(C)C. The number of carbonyl (C=O) groups is 1. The maximum Gasteiger partial charge on any atom is 0.472 e. The van der Waals surface area contributed by atoms with Crippen LogP contribution in [0.2, 0.25) is 0 Å². The Labute approximate surface area is 221 Å². The first kappa shape index (κ1) is 35.5. The third-order valence-electron chi connectivity index (χ3n) is 6.11. The molecular weight excluding hydrogens is 481 g/mol. The molecule has 0 amide bonds. The Morgan fingerprint density at radius 2 is 1.19 bits per heavy atom. The average Bonchev–Trinajstić information content (AvgIpc) is 2.79. The Hall–Kier alpha value is -0.500. The molecule has 2 unspecified atom stereocenters. The van der Waals surface area contributed by atoms with Gasteiger partial charge in [-0.05, 0) is 6.42 Å². The van der Waals surface area contributed by atoms with E-state index in [0.717, 1.165) is 19.3 Å². The van der Waals surface area contributed by atoms with Crippen LogP contribution in [-0.4, -0.2) is 74.1 Å². The second-order valence-corrected chi connectivity index (χ2v) is 12.4.